The van der Waals surface area contributed by atoms with E-state index in [0.29, 0.717) is 5.56 Å². The molecule has 3 N–H and O–H groups in total. The lowest BCUT2D eigenvalue weighted by Gasteiger charge is -2.13. The van der Waals surface area contributed by atoms with Gasteiger partial charge in [-0.2, -0.15) is 0 Å². The third kappa shape index (κ3) is 4.81. The summed E-state index contributed by atoms with van der Waals surface area (Å²) in [6.07, 6.45) is 1.01. The van der Waals surface area contributed by atoms with E-state index in [9.17, 15) is 19.1 Å². The quantitative estimate of drug-likeness (QED) is 0.572. The number of rotatable bonds is 5. The van der Waals surface area contributed by atoms with Gasteiger partial charge in [0.2, 0.25) is 0 Å². The van der Waals surface area contributed by atoms with Gasteiger partial charge < -0.3 is 15.7 Å². The third-order valence-corrected chi connectivity index (χ3v) is 4.03. The number of aliphatic hydroxyl groups excluding tert-OH is 1. The van der Waals surface area contributed by atoms with E-state index in [0.717, 1.165) is 4.90 Å². The molecule has 5 nitrogen and oxygen atoms in total. The van der Waals surface area contributed by atoms with Crippen molar-refractivity contribution in [2.24, 2.45) is 0 Å². The van der Waals surface area contributed by atoms with E-state index in [4.69, 9.17) is 0 Å². The zero-order valence-corrected chi connectivity index (χ0v) is 13.8. The van der Waals surface area contributed by atoms with Crippen LogP contribution in [0.1, 0.15) is 11.7 Å². The minimum Gasteiger partial charge on any atom is -0.387 e. The summed E-state index contributed by atoms with van der Waals surface area (Å²) in [6, 6.07) is 12.8. The Bertz CT molecular complexity index is 722. The number of nitrogens with one attached hydrogen (secondary N) is 2. The van der Waals surface area contributed by atoms with Gasteiger partial charge in [0.05, 0.1) is 11.8 Å². The molecule has 0 saturated carbocycles. The number of halogens is 1. The number of carbonyl (C=O) groups is 2. The number of aliphatic hydroxyl groups is 1. The van der Waals surface area contributed by atoms with Crippen LogP contribution in [0.15, 0.2) is 53.4 Å². The highest BCUT2D eigenvalue weighted by Gasteiger charge is 2.17. The fourth-order valence-corrected chi connectivity index (χ4v) is 2.36. The molecule has 0 aliphatic heterocycles. The molecule has 0 fully saturated rings. The Labute approximate surface area is 143 Å². The molecule has 0 saturated heterocycles. The predicted molar refractivity (Wildman–Crippen MR) is 91.2 cm³/mol. The Hall–Kier alpha value is -2.38. The lowest BCUT2D eigenvalue weighted by atomic mass is 10.1. The molecule has 0 radical (unpaired) electrons. The lowest BCUT2D eigenvalue weighted by molar-refractivity contribution is -0.136. The summed E-state index contributed by atoms with van der Waals surface area (Å²) in [6.45, 7) is -0.123. The number of benzene rings is 2. The van der Waals surface area contributed by atoms with Crippen molar-refractivity contribution >= 4 is 29.3 Å². The van der Waals surface area contributed by atoms with Crippen molar-refractivity contribution < 1.29 is 19.1 Å². The van der Waals surface area contributed by atoms with Gasteiger partial charge in [0.1, 0.15) is 5.82 Å². The van der Waals surface area contributed by atoms with Crippen LogP contribution in [0.2, 0.25) is 0 Å². The van der Waals surface area contributed by atoms with Crippen LogP contribution >= 0.6 is 11.8 Å². The zero-order chi connectivity index (χ0) is 17.5. The Morgan fingerprint density at radius 1 is 1.12 bits per heavy atom. The SMILES string of the molecule is CSc1ccc(C(O)CNC(=O)C(=O)Nc2ccccc2F)cc1. The Morgan fingerprint density at radius 3 is 2.42 bits per heavy atom. The van der Waals surface area contributed by atoms with E-state index < -0.39 is 23.7 Å². The Kier molecular flexibility index (Phi) is 6.34. The van der Waals surface area contributed by atoms with E-state index in [2.05, 4.69) is 10.6 Å². The van der Waals surface area contributed by atoms with E-state index in [1.165, 1.54) is 18.2 Å². The maximum atomic E-state index is 13.4. The van der Waals surface area contributed by atoms with Gasteiger partial charge in [0, 0.05) is 11.4 Å². The monoisotopic (exact) mass is 348 g/mol. The predicted octanol–water partition coefficient (Wildman–Crippen LogP) is 2.34. The topological polar surface area (TPSA) is 78.4 Å². The Balaban J connectivity index is 1.87. The molecule has 0 aromatic heterocycles. The summed E-state index contributed by atoms with van der Waals surface area (Å²) in [5.41, 5.74) is 0.550. The summed E-state index contributed by atoms with van der Waals surface area (Å²) in [4.78, 5) is 24.5. The summed E-state index contributed by atoms with van der Waals surface area (Å²) in [7, 11) is 0. The molecule has 7 heteroatoms. The van der Waals surface area contributed by atoms with Crippen molar-refractivity contribution in [3.05, 3.63) is 59.9 Å². The van der Waals surface area contributed by atoms with Crippen LogP contribution in [0.3, 0.4) is 0 Å². The van der Waals surface area contributed by atoms with Crippen LogP contribution in [0.25, 0.3) is 0 Å². The molecule has 126 valence electrons. The third-order valence-electron chi connectivity index (χ3n) is 3.28. The highest BCUT2D eigenvalue weighted by atomic mass is 32.2. The van der Waals surface area contributed by atoms with Crippen LogP contribution in [0.4, 0.5) is 10.1 Å². The Morgan fingerprint density at radius 2 is 1.79 bits per heavy atom. The van der Waals surface area contributed by atoms with Crippen LogP contribution in [0.5, 0.6) is 0 Å². The van der Waals surface area contributed by atoms with Crippen molar-refractivity contribution in [2.45, 2.75) is 11.0 Å². The second-order valence-electron chi connectivity index (χ2n) is 4.93. The van der Waals surface area contributed by atoms with Crippen molar-refractivity contribution in [2.75, 3.05) is 18.1 Å². The van der Waals surface area contributed by atoms with Gasteiger partial charge in [-0.1, -0.05) is 24.3 Å². The second-order valence-corrected chi connectivity index (χ2v) is 5.81. The average molecular weight is 348 g/mol. The molecule has 1 atom stereocenters. The van der Waals surface area contributed by atoms with Gasteiger partial charge in [0.15, 0.2) is 0 Å². The first-order chi connectivity index (χ1) is 11.5. The first-order valence-electron chi connectivity index (χ1n) is 7.17. The summed E-state index contributed by atoms with van der Waals surface area (Å²) >= 11 is 1.58. The maximum absolute atomic E-state index is 13.4. The lowest BCUT2D eigenvalue weighted by Crippen LogP contribution is -2.37. The molecule has 0 heterocycles. The number of thioether (sulfide) groups is 1. The van der Waals surface area contributed by atoms with Gasteiger partial charge in [-0.25, -0.2) is 4.39 Å². The van der Waals surface area contributed by atoms with Gasteiger partial charge in [-0.05, 0) is 36.1 Å². The van der Waals surface area contributed by atoms with E-state index in [-0.39, 0.29) is 12.2 Å². The number of carbonyl (C=O) groups excluding carboxylic acids is 2. The normalized spacial score (nSPS) is 11.6. The minimum atomic E-state index is -0.995. The molecule has 1 unspecified atom stereocenters. The van der Waals surface area contributed by atoms with Crippen LogP contribution in [-0.2, 0) is 9.59 Å². The highest BCUT2D eigenvalue weighted by Crippen LogP contribution is 2.18. The molecule has 0 spiro atoms. The number of para-hydroxylation sites is 1. The summed E-state index contributed by atoms with van der Waals surface area (Å²) < 4.78 is 13.4. The van der Waals surface area contributed by atoms with E-state index >= 15 is 0 Å². The molecule has 2 aromatic carbocycles. The van der Waals surface area contributed by atoms with Gasteiger partial charge in [0.25, 0.3) is 0 Å². The fourth-order valence-electron chi connectivity index (χ4n) is 1.96. The second kappa shape index (κ2) is 8.47. The van der Waals surface area contributed by atoms with Gasteiger partial charge in [-0.15, -0.1) is 11.8 Å². The summed E-state index contributed by atoms with van der Waals surface area (Å²) in [5, 5.41) is 14.5. The van der Waals surface area contributed by atoms with Crippen LogP contribution in [-0.4, -0.2) is 29.7 Å². The van der Waals surface area contributed by atoms with Crippen molar-refractivity contribution in [1.82, 2.24) is 5.32 Å². The van der Waals surface area contributed by atoms with Crippen LogP contribution < -0.4 is 10.6 Å². The van der Waals surface area contributed by atoms with Gasteiger partial charge >= 0.3 is 11.8 Å². The molecule has 2 amide bonds. The molecule has 0 aliphatic carbocycles. The average Bonchev–Trinajstić information content (AvgIpc) is 2.61. The minimum absolute atomic E-state index is 0.0779. The van der Waals surface area contributed by atoms with E-state index in [1.807, 2.05) is 18.4 Å². The van der Waals surface area contributed by atoms with Crippen molar-refractivity contribution in [3.8, 4) is 0 Å². The molecular weight excluding hydrogens is 331 g/mol. The van der Waals surface area contributed by atoms with Crippen LogP contribution in [0, 0.1) is 5.82 Å². The number of hydrogen-bond acceptors (Lipinski definition) is 4. The molecular formula is C17H17FN2O3S. The molecule has 0 bridgehead atoms. The zero-order valence-electron chi connectivity index (χ0n) is 13.0. The standard InChI is InChI=1S/C17H17FN2O3S/c1-24-12-8-6-11(7-9-12)15(21)10-19-16(22)17(23)20-14-5-3-2-4-13(14)18/h2-9,15,21H,10H2,1H3,(H,19,22)(H,20,23). The molecule has 2 rings (SSSR count). The summed E-state index contributed by atoms with van der Waals surface area (Å²) in [5.74, 6) is -2.57. The largest absolute Gasteiger partial charge is 0.387 e. The van der Waals surface area contributed by atoms with Gasteiger partial charge in [-0.3, -0.25) is 9.59 Å². The number of anilines is 1. The number of amides is 2. The molecule has 0 aliphatic rings. The highest BCUT2D eigenvalue weighted by molar-refractivity contribution is 7.98. The number of hydrogen-bond donors (Lipinski definition) is 3. The fraction of sp³-hybridized carbons (Fsp3) is 0.176. The molecule has 24 heavy (non-hydrogen) atoms. The maximum Gasteiger partial charge on any atom is 0.313 e. The first-order valence-corrected chi connectivity index (χ1v) is 8.39. The smallest absolute Gasteiger partial charge is 0.313 e. The van der Waals surface area contributed by atoms with E-state index in [1.54, 1.807) is 30.0 Å². The van der Waals surface area contributed by atoms with Crippen molar-refractivity contribution in [1.29, 1.82) is 0 Å². The van der Waals surface area contributed by atoms with Crippen molar-refractivity contribution in [3.63, 3.8) is 0 Å². The molecule has 2 aromatic rings. The first kappa shape index (κ1) is 18.0.